The second-order valence-electron chi connectivity index (χ2n) is 10.2. The summed E-state index contributed by atoms with van der Waals surface area (Å²) in [5.74, 6) is -0.206. The van der Waals surface area contributed by atoms with E-state index in [1.54, 1.807) is 37.4 Å². The summed E-state index contributed by atoms with van der Waals surface area (Å²) < 4.78 is 30.6. The first-order chi connectivity index (χ1) is 18.4. The topological polar surface area (TPSA) is 96.0 Å². The van der Waals surface area contributed by atoms with Gasteiger partial charge in [0.15, 0.2) is 9.84 Å². The van der Waals surface area contributed by atoms with Crippen LogP contribution in [0.4, 0.5) is 11.4 Å². The van der Waals surface area contributed by atoms with E-state index in [9.17, 15) is 18.0 Å². The number of sulfone groups is 1. The molecule has 2 aliphatic heterocycles. The first kappa shape index (κ1) is 26.6. The molecule has 0 aromatic heterocycles. The van der Waals surface area contributed by atoms with Gasteiger partial charge in [-0.25, -0.2) is 8.42 Å². The van der Waals surface area contributed by atoms with Crippen LogP contribution in [0.2, 0.25) is 0 Å². The Morgan fingerprint density at radius 3 is 2.74 bits per heavy atom. The highest BCUT2D eigenvalue weighted by Gasteiger charge is 2.37. The molecule has 2 aromatic rings. The van der Waals surface area contributed by atoms with Crippen molar-refractivity contribution >= 4 is 38.6 Å². The summed E-state index contributed by atoms with van der Waals surface area (Å²) in [4.78, 5) is 30.7. The molecule has 0 radical (unpaired) electrons. The zero-order valence-electron chi connectivity index (χ0n) is 21.8. The quantitative estimate of drug-likeness (QED) is 0.466. The second-order valence-corrected chi connectivity index (χ2v) is 12.3. The smallest absolute Gasteiger partial charge is 0.258 e. The van der Waals surface area contributed by atoms with Crippen molar-refractivity contribution < 1.29 is 22.7 Å². The van der Waals surface area contributed by atoms with E-state index in [0.29, 0.717) is 31.1 Å². The summed E-state index contributed by atoms with van der Waals surface area (Å²) in [6.45, 7) is 2.91. The minimum Gasteiger partial charge on any atom is -0.385 e. The number of carbonyl (C=O) groups is 2. The summed E-state index contributed by atoms with van der Waals surface area (Å²) in [6, 6.07) is 12.4. The van der Waals surface area contributed by atoms with Gasteiger partial charge >= 0.3 is 0 Å². The highest BCUT2D eigenvalue weighted by atomic mass is 32.2. The Morgan fingerprint density at radius 1 is 1.13 bits per heavy atom. The molecular formula is C29H35N3O5S. The third-order valence-corrected chi connectivity index (χ3v) is 9.42. The number of hydrogen-bond donors (Lipinski definition) is 1. The number of hydrogen-bond acceptors (Lipinski definition) is 6. The molecule has 0 saturated carbocycles. The lowest BCUT2D eigenvalue weighted by Gasteiger charge is -2.32. The van der Waals surface area contributed by atoms with Crippen molar-refractivity contribution in [1.29, 1.82) is 0 Å². The van der Waals surface area contributed by atoms with Gasteiger partial charge in [-0.1, -0.05) is 24.3 Å². The van der Waals surface area contributed by atoms with E-state index in [0.717, 1.165) is 66.7 Å². The van der Waals surface area contributed by atoms with E-state index >= 15 is 0 Å². The van der Waals surface area contributed by atoms with Crippen LogP contribution in [0.5, 0.6) is 0 Å². The maximum absolute atomic E-state index is 13.3. The second kappa shape index (κ2) is 11.4. The molecule has 1 unspecified atom stereocenters. The molecule has 0 bridgehead atoms. The van der Waals surface area contributed by atoms with Crippen molar-refractivity contribution in [2.24, 2.45) is 5.92 Å². The minimum atomic E-state index is -3.36. The monoisotopic (exact) mass is 537 g/mol. The van der Waals surface area contributed by atoms with Crippen molar-refractivity contribution in [2.75, 3.05) is 55.9 Å². The van der Waals surface area contributed by atoms with Gasteiger partial charge in [0.2, 0.25) is 5.91 Å². The summed E-state index contributed by atoms with van der Waals surface area (Å²) in [5.41, 5.74) is 4.40. The first-order valence-corrected chi connectivity index (χ1v) is 15.0. The Morgan fingerprint density at radius 2 is 1.95 bits per heavy atom. The molecule has 3 aliphatic rings. The lowest BCUT2D eigenvalue weighted by molar-refractivity contribution is -0.121. The molecule has 1 aliphatic carbocycles. The molecule has 38 heavy (non-hydrogen) atoms. The lowest BCUT2D eigenvalue weighted by atomic mass is 9.89. The lowest BCUT2D eigenvalue weighted by Crippen LogP contribution is -2.42. The molecule has 202 valence electrons. The van der Waals surface area contributed by atoms with Gasteiger partial charge in [-0.2, -0.15) is 0 Å². The van der Waals surface area contributed by atoms with Crippen LogP contribution in [0.3, 0.4) is 0 Å². The summed E-state index contributed by atoms with van der Waals surface area (Å²) in [6.07, 6.45) is 5.92. The largest absolute Gasteiger partial charge is 0.385 e. The third kappa shape index (κ3) is 5.41. The van der Waals surface area contributed by atoms with Crippen LogP contribution in [-0.2, 0) is 30.6 Å². The number of benzene rings is 2. The number of nitrogens with one attached hydrogen (secondary N) is 1. The molecule has 1 N–H and O–H groups in total. The fraction of sp³-hybridized carbons (Fsp3) is 0.448. The van der Waals surface area contributed by atoms with Crippen LogP contribution in [-0.4, -0.2) is 70.8 Å². The Balaban J connectivity index is 1.25. The number of nitrogens with zero attached hydrogens (tertiary/aromatic N) is 2. The van der Waals surface area contributed by atoms with Gasteiger partial charge in [0, 0.05) is 50.2 Å². The van der Waals surface area contributed by atoms with Gasteiger partial charge < -0.3 is 19.9 Å². The van der Waals surface area contributed by atoms with E-state index in [1.807, 2.05) is 23.1 Å². The Hall–Kier alpha value is -3.01. The van der Waals surface area contributed by atoms with Crippen LogP contribution in [0, 0.1) is 5.92 Å². The van der Waals surface area contributed by atoms with E-state index in [1.165, 1.54) is 0 Å². The molecule has 8 nitrogen and oxygen atoms in total. The molecular weight excluding hydrogens is 502 g/mol. The average Bonchev–Trinajstić information content (AvgIpc) is 3.22. The number of methoxy groups -OCH3 is 1. The summed E-state index contributed by atoms with van der Waals surface area (Å²) >= 11 is 0. The molecule has 9 heteroatoms. The van der Waals surface area contributed by atoms with Gasteiger partial charge in [0.05, 0.1) is 22.3 Å². The highest BCUT2D eigenvalue weighted by Crippen LogP contribution is 2.45. The van der Waals surface area contributed by atoms with Crippen LogP contribution in [0.25, 0.3) is 5.57 Å². The standard InChI is InChI=1S/C29H35N3O5S/c1-37-18-7-16-32-26-14-13-25(23-11-5-12-24(27(23)26)29(32)34)30-28(33)21-8-6-15-31(20-21)17-19-38(35,36)22-9-3-2-4-10-22/h2-4,9-10,12-14,21H,5-8,11,15-20H2,1H3,(H,30,33). The number of allylic oxidation sites excluding steroid dienone is 1. The van der Waals surface area contributed by atoms with Crippen LogP contribution in [0.1, 0.15) is 36.8 Å². The Kier molecular flexibility index (Phi) is 7.97. The predicted molar refractivity (Wildman–Crippen MR) is 148 cm³/mol. The number of likely N-dealkylation sites (tertiary alicyclic amines) is 1. The first-order valence-electron chi connectivity index (χ1n) is 13.4. The number of piperidine rings is 1. The average molecular weight is 538 g/mol. The van der Waals surface area contributed by atoms with Crippen molar-refractivity contribution in [1.82, 2.24) is 4.90 Å². The van der Waals surface area contributed by atoms with E-state index in [-0.39, 0.29) is 23.5 Å². The fourth-order valence-electron chi connectivity index (χ4n) is 5.74. The maximum atomic E-state index is 13.3. The third-order valence-electron chi connectivity index (χ3n) is 7.71. The molecule has 0 spiro atoms. The Bertz CT molecular complexity index is 1340. The van der Waals surface area contributed by atoms with Gasteiger partial charge in [0.25, 0.3) is 5.91 Å². The van der Waals surface area contributed by atoms with Gasteiger partial charge in [-0.15, -0.1) is 0 Å². The molecule has 2 amide bonds. The van der Waals surface area contributed by atoms with E-state index in [2.05, 4.69) is 10.2 Å². The highest BCUT2D eigenvalue weighted by molar-refractivity contribution is 7.91. The van der Waals surface area contributed by atoms with Gasteiger partial charge in [-0.05, 0) is 68.5 Å². The van der Waals surface area contributed by atoms with E-state index in [4.69, 9.17) is 4.74 Å². The molecule has 1 atom stereocenters. The zero-order chi connectivity index (χ0) is 26.7. The summed E-state index contributed by atoms with van der Waals surface area (Å²) in [7, 11) is -1.71. The van der Waals surface area contributed by atoms with Crippen molar-refractivity contribution in [3.8, 4) is 0 Å². The van der Waals surface area contributed by atoms with Gasteiger partial charge in [-0.3, -0.25) is 9.59 Å². The van der Waals surface area contributed by atoms with Crippen LogP contribution in [0.15, 0.2) is 53.4 Å². The number of amides is 2. The number of carbonyl (C=O) groups excluding carboxylic acids is 2. The van der Waals surface area contributed by atoms with Crippen molar-refractivity contribution in [3.05, 3.63) is 59.7 Å². The van der Waals surface area contributed by atoms with Gasteiger partial charge in [0.1, 0.15) is 0 Å². The predicted octanol–water partition coefficient (Wildman–Crippen LogP) is 3.52. The van der Waals surface area contributed by atoms with Crippen molar-refractivity contribution in [3.63, 3.8) is 0 Å². The number of ether oxygens (including phenoxy) is 1. The number of rotatable bonds is 10. The maximum Gasteiger partial charge on any atom is 0.258 e. The van der Waals surface area contributed by atoms with Crippen molar-refractivity contribution in [2.45, 2.75) is 37.0 Å². The number of anilines is 2. The fourth-order valence-corrected chi connectivity index (χ4v) is 7.05. The molecule has 1 fully saturated rings. The molecule has 1 saturated heterocycles. The molecule has 2 aromatic carbocycles. The summed E-state index contributed by atoms with van der Waals surface area (Å²) in [5, 5.41) is 3.16. The molecule has 5 rings (SSSR count). The SMILES string of the molecule is COCCCN1C(=O)C2=CCCc3c(NC(=O)C4CCCN(CCS(=O)(=O)c5ccccc5)C4)ccc1c32. The normalized spacial score (nSPS) is 19.3. The van der Waals surface area contributed by atoms with E-state index < -0.39 is 9.84 Å². The molecule has 2 heterocycles. The Labute approximate surface area is 224 Å². The minimum absolute atomic E-state index is 0.0221. The van der Waals surface area contributed by atoms with Crippen LogP contribution < -0.4 is 10.2 Å². The van der Waals surface area contributed by atoms with Crippen LogP contribution >= 0.6 is 0 Å². The zero-order valence-corrected chi connectivity index (χ0v) is 22.6.